The fourth-order valence-electron chi connectivity index (χ4n) is 3.51. The Balaban J connectivity index is 2.84. The van der Waals surface area contributed by atoms with Crippen LogP contribution in [0.3, 0.4) is 0 Å². The zero-order valence-corrected chi connectivity index (χ0v) is 17.2. The number of unbranched alkanes of at least 4 members (excludes halogenated alkanes) is 5. The number of hydrogen-bond acceptors (Lipinski definition) is 3. The number of ether oxygens (including phenoxy) is 1. The van der Waals surface area contributed by atoms with Crippen molar-refractivity contribution in [2.24, 2.45) is 5.92 Å². The van der Waals surface area contributed by atoms with Gasteiger partial charge in [0.2, 0.25) is 0 Å². The zero-order chi connectivity index (χ0) is 20.1. The maximum atomic E-state index is 12.7. The molecular formula is C23H36O4. The lowest BCUT2D eigenvalue weighted by Gasteiger charge is -2.27. The Bertz CT molecular complexity index is 567. The van der Waals surface area contributed by atoms with Crippen LogP contribution in [0.4, 0.5) is 0 Å². The van der Waals surface area contributed by atoms with E-state index in [1.54, 1.807) is 12.1 Å². The van der Waals surface area contributed by atoms with E-state index in [1.807, 2.05) is 0 Å². The molecule has 0 fully saturated rings. The lowest BCUT2D eigenvalue weighted by atomic mass is 9.90. The van der Waals surface area contributed by atoms with Crippen LogP contribution in [0.2, 0.25) is 0 Å². The van der Waals surface area contributed by atoms with Crippen LogP contribution in [-0.2, 0) is 4.74 Å². The standard InChI is InChI=1S/C23H36O4/c1-4-7-9-10-11-17-21(18(6-3)14-8-5-2)27-23(26)20-16-13-12-15-19(20)22(24)25/h12-13,15-16,18,21H,4-11,14,17H2,1-3H3,(H,24,25). The van der Waals surface area contributed by atoms with Crippen LogP contribution in [0, 0.1) is 5.92 Å². The number of rotatable bonds is 14. The lowest BCUT2D eigenvalue weighted by Crippen LogP contribution is -2.28. The molecule has 0 aliphatic heterocycles. The molecule has 152 valence electrons. The normalized spacial score (nSPS) is 13.1. The summed E-state index contributed by atoms with van der Waals surface area (Å²) in [4.78, 5) is 24.1. The van der Waals surface area contributed by atoms with Gasteiger partial charge in [0.25, 0.3) is 0 Å². The third kappa shape index (κ3) is 8.15. The quantitative estimate of drug-likeness (QED) is 0.298. The van der Waals surface area contributed by atoms with Gasteiger partial charge in [-0.25, -0.2) is 9.59 Å². The van der Waals surface area contributed by atoms with Crippen LogP contribution in [0.15, 0.2) is 24.3 Å². The molecular weight excluding hydrogens is 340 g/mol. The highest BCUT2D eigenvalue weighted by molar-refractivity contribution is 6.02. The number of aromatic carboxylic acids is 1. The highest BCUT2D eigenvalue weighted by atomic mass is 16.5. The van der Waals surface area contributed by atoms with Gasteiger partial charge in [0.1, 0.15) is 6.10 Å². The molecule has 2 unspecified atom stereocenters. The molecule has 0 amide bonds. The van der Waals surface area contributed by atoms with Gasteiger partial charge in [-0.05, 0) is 43.7 Å². The number of carboxylic acids is 1. The van der Waals surface area contributed by atoms with Crippen LogP contribution in [-0.4, -0.2) is 23.1 Å². The molecule has 1 N–H and O–H groups in total. The molecule has 0 aromatic heterocycles. The zero-order valence-electron chi connectivity index (χ0n) is 17.2. The highest BCUT2D eigenvalue weighted by Gasteiger charge is 2.26. The van der Waals surface area contributed by atoms with Gasteiger partial charge >= 0.3 is 11.9 Å². The summed E-state index contributed by atoms with van der Waals surface area (Å²) in [5, 5.41) is 9.34. The Morgan fingerprint density at radius 3 is 2.11 bits per heavy atom. The molecule has 4 heteroatoms. The van der Waals surface area contributed by atoms with Crippen molar-refractivity contribution in [3.8, 4) is 0 Å². The molecule has 0 spiro atoms. The Morgan fingerprint density at radius 1 is 0.889 bits per heavy atom. The minimum atomic E-state index is -1.10. The summed E-state index contributed by atoms with van der Waals surface area (Å²) in [6, 6.07) is 6.29. The monoisotopic (exact) mass is 376 g/mol. The second kappa shape index (κ2) is 13.3. The van der Waals surface area contributed by atoms with E-state index in [0.29, 0.717) is 5.92 Å². The van der Waals surface area contributed by atoms with Crippen LogP contribution in [0.5, 0.6) is 0 Å². The molecule has 2 atom stereocenters. The first-order valence-corrected chi connectivity index (χ1v) is 10.6. The Hall–Kier alpha value is -1.84. The molecule has 0 aliphatic carbocycles. The SMILES string of the molecule is CCCCCCCC(OC(=O)c1ccccc1C(=O)O)C(CC)CCCC. The van der Waals surface area contributed by atoms with Gasteiger partial charge < -0.3 is 9.84 Å². The first kappa shape index (κ1) is 23.2. The van der Waals surface area contributed by atoms with Gasteiger partial charge in [-0.15, -0.1) is 0 Å². The highest BCUT2D eigenvalue weighted by Crippen LogP contribution is 2.26. The largest absolute Gasteiger partial charge is 0.478 e. The summed E-state index contributed by atoms with van der Waals surface area (Å²) < 4.78 is 5.88. The summed E-state index contributed by atoms with van der Waals surface area (Å²) in [7, 11) is 0. The van der Waals surface area contributed by atoms with E-state index >= 15 is 0 Å². The van der Waals surface area contributed by atoms with Crippen molar-refractivity contribution >= 4 is 11.9 Å². The summed E-state index contributed by atoms with van der Waals surface area (Å²) in [5.74, 6) is -1.28. The maximum Gasteiger partial charge on any atom is 0.339 e. The van der Waals surface area contributed by atoms with Crippen molar-refractivity contribution < 1.29 is 19.4 Å². The summed E-state index contributed by atoms with van der Waals surface area (Å²) in [5.41, 5.74) is 0.150. The van der Waals surface area contributed by atoms with E-state index < -0.39 is 11.9 Å². The molecule has 1 aromatic rings. The Morgan fingerprint density at radius 2 is 1.52 bits per heavy atom. The molecule has 1 rings (SSSR count). The first-order valence-electron chi connectivity index (χ1n) is 10.6. The number of carbonyl (C=O) groups excluding carboxylic acids is 1. The van der Waals surface area contributed by atoms with E-state index in [2.05, 4.69) is 20.8 Å². The topological polar surface area (TPSA) is 63.6 Å². The number of esters is 1. The number of carbonyl (C=O) groups is 2. The van der Waals surface area contributed by atoms with Gasteiger partial charge in [0.05, 0.1) is 11.1 Å². The number of benzene rings is 1. The van der Waals surface area contributed by atoms with Gasteiger partial charge in [-0.2, -0.15) is 0 Å². The average molecular weight is 377 g/mol. The van der Waals surface area contributed by atoms with Crippen molar-refractivity contribution in [2.75, 3.05) is 0 Å². The summed E-state index contributed by atoms with van der Waals surface area (Å²) >= 11 is 0. The van der Waals surface area contributed by atoms with Crippen molar-refractivity contribution in [3.63, 3.8) is 0 Å². The molecule has 4 nitrogen and oxygen atoms in total. The van der Waals surface area contributed by atoms with Gasteiger partial charge in [0, 0.05) is 0 Å². The van der Waals surface area contributed by atoms with Crippen LogP contribution < -0.4 is 0 Å². The Kier molecular flexibility index (Phi) is 11.5. The third-order valence-electron chi connectivity index (χ3n) is 5.21. The van der Waals surface area contributed by atoms with E-state index in [1.165, 1.54) is 31.4 Å². The van der Waals surface area contributed by atoms with Crippen molar-refractivity contribution in [1.29, 1.82) is 0 Å². The maximum absolute atomic E-state index is 12.7. The second-order valence-corrected chi connectivity index (χ2v) is 7.31. The fraction of sp³-hybridized carbons (Fsp3) is 0.652. The van der Waals surface area contributed by atoms with Gasteiger partial charge in [0.15, 0.2) is 0 Å². The van der Waals surface area contributed by atoms with Crippen LogP contribution >= 0.6 is 0 Å². The molecule has 0 saturated carbocycles. The number of carboxylic acid groups (broad SMARTS) is 1. The lowest BCUT2D eigenvalue weighted by molar-refractivity contribution is 0.00744. The third-order valence-corrected chi connectivity index (χ3v) is 5.21. The molecule has 0 saturated heterocycles. The number of hydrogen-bond donors (Lipinski definition) is 1. The molecule has 0 radical (unpaired) electrons. The predicted octanol–water partition coefficient (Wildman–Crippen LogP) is 6.49. The van der Waals surface area contributed by atoms with Gasteiger partial charge in [-0.1, -0.05) is 71.4 Å². The average Bonchev–Trinajstić information content (AvgIpc) is 2.67. The van der Waals surface area contributed by atoms with E-state index in [9.17, 15) is 14.7 Å². The fourth-order valence-corrected chi connectivity index (χ4v) is 3.51. The molecule has 0 aliphatic rings. The van der Waals surface area contributed by atoms with Crippen molar-refractivity contribution in [2.45, 2.75) is 91.1 Å². The first-order chi connectivity index (χ1) is 13.0. The molecule has 1 aromatic carbocycles. The minimum Gasteiger partial charge on any atom is -0.478 e. The molecule has 27 heavy (non-hydrogen) atoms. The van der Waals surface area contributed by atoms with Crippen LogP contribution in [0.25, 0.3) is 0 Å². The van der Waals surface area contributed by atoms with E-state index in [4.69, 9.17) is 4.74 Å². The Labute approximate surface area is 164 Å². The van der Waals surface area contributed by atoms with Gasteiger partial charge in [-0.3, -0.25) is 0 Å². The van der Waals surface area contributed by atoms with Crippen molar-refractivity contribution in [1.82, 2.24) is 0 Å². The minimum absolute atomic E-state index is 0.00537. The summed E-state index contributed by atoms with van der Waals surface area (Å²) in [6.45, 7) is 6.51. The smallest absolute Gasteiger partial charge is 0.339 e. The van der Waals surface area contributed by atoms with E-state index in [-0.39, 0.29) is 17.2 Å². The second-order valence-electron chi connectivity index (χ2n) is 7.31. The molecule has 0 bridgehead atoms. The summed E-state index contributed by atoms with van der Waals surface area (Å²) in [6.07, 6.45) is 10.8. The van der Waals surface area contributed by atoms with Crippen molar-refractivity contribution in [3.05, 3.63) is 35.4 Å². The van der Waals surface area contributed by atoms with E-state index in [0.717, 1.165) is 44.9 Å². The molecule has 0 heterocycles. The predicted molar refractivity (Wildman–Crippen MR) is 109 cm³/mol. The van der Waals surface area contributed by atoms with Crippen LogP contribution in [0.1, 0.15) is 106 Å².